The standard InChI is InChI=1S/C19H26N4O/c24-19(8-4-5-16-13-21-22-14-16)20-10-12-23-11-9-18(15-23)17-6-2-1-3-7-17/h1-3,6-7,13-14,18H,4-5,8-12,15H2,(H,20,24)(H,21,22). The van der Waals surface area contributed by atoms with Gasteiger partial charge < -0.3 is 10.2 Å². The molecule has 1 aliphatic heterocycles. The Morgan fingerprint density at radius 3 is 3.00 bits per heavy atom. The summed E-state index contributed by atoms with van der Waals surface area (Å²) in [5.41, 5.74) is 2.59. The molecule has 1 aromatic heterocycles. The molecule has 1 aromatic carbocycles. The predicted octanol–water partition coefficient (Wildman–Crippen LogP) is 2.34. The Bertz CT molecular complexity index is 612. The number of likely N-dealkylation sites (tertiary alicyclic amines) is 1. The first-order chi connectivity index (χ1) is 11.8. The molecule has 0 bridgehead atoms. The molecule has 3 rings (SSSR count). The number of aryl methyl sites for hydroxylation is 1. The summed E-state index contributed by atoms with van der Waals surface area (Å²) in [5, 5.41) is 9.74. The van der Waals surface area contributed by atoms with E-state index in [1.54, 1.807) is 0 Å². The van der Waals surface area contributed by atoms with E-state index in [1.807, 2.05) is 12.4 Å². The summed E-state index contributed by atoms with van der Waals surface area (Å²) in [7, 11) is 0. The fourth-order valence-corrected chi connectivity index (χ4v) is 3.34. The molecule has 0 spiro atoms. The van der Waals surface area contributed by atoms with Crippen molar-refractivity contribution in [3.8, 4) is 0 Å². The van der Waals surface area contributed by atoms with Gasteiger partial charge in [0.15, 0.2) is 0 Å². The monoisotopic (exact) mass is 326 g/mol. The van der Waals surface area contributed by atoms with Crippen LogP contribution in [0.1, 0.15) is 36.3 Å². The van der Waals surface area contributed by atoms with E-state index >= 15 is 0 Å². The minimum absolute atomic E-state index is 0.150. The highest BCUT2D eigenvalue weighted by Gasteiger charge is 2.23. The third-order valence-electron chi connectivity index (χ3n) is 4.72. The van der Waals surface area contributed by atoms with Gasteiger partial charge in [-0.2, -0.15) is 5.10 Å². The number of benzene rings is 1. The fraction of sp³-hybridized carbons (Fsp3) is 0.474. The van der Waals surface area contributed by atoms with Crippen LogP contribution in [0.4, 0.5) is 0 Å². The third-order valence-corrected chi connectivity index (χ3v) is 4.72. The van der Waals surface area contributed by atoms with Crippen LogP contribution in [-0.4, -0.2) is 47.2 Å². The summed E-state index contributed by atoms with van der Waals surface area (Å²) in [6, 6.07) is 10.7. The Labute approximate surface area is 143 Å². The van der Waals surface area contributed by atoms with E-state index in [-0.39, 0.29) is 5.91 Å². The number of nitrogens with one attached hydrogen (secondary N) is 2. The van der Waals surface area contributed by atoms with Crippen LogP contribution < -0.4 is 5.32 Å². The van der Waals surface area contributed by atoms with Gasteiger partial charge in [-0.15, -0.1) is 0 Å². The van der Waals surface area contributed by atoms with E-state index in [1.165, 1.54) is 12.0 Å². The number of aromatic amines is 1. The number of hydrogen-bond acceptors (Lipinski definition) is 3. The van der Waals surface area contributed by atoms with Gasteiger partial charge in [-0.25, -0.2) is 0 Å². The lowest BCUT2D eigenvalue weighted by molar-refractivity contribution is -0.121. The average molecular weight is 326 g/mol. The highest BCUT2D eigenvalue weighted by Crippen LogP contribution is 2.26. The Morgan fingerprint density at radius 1 is 1.33 bits per heavy atom. The van der Waals surface area contributed by atoms with Crippen molar-refractivity contribution in [2.24, 2.45) is 0 Å². The van der Waals surface area contributed by atoms with Gasteiger partial charge in [0, 0.05) is 32.3 Å². The fourth-order valence-electron chi connectivity index (χ4n) is 3.34. The number of carbonyl (C=O) groups is 1. The van der Waals surface area contributed by atoms with Crippen molar-refractivity contribution in [3.63, 3.8) is 0 Å². The van der Waals surface area contributed by atoms with Crippen LogP contribution in [0.2, 0.25) is 0 Å². The molecule has 5 heteroatoms. The van der Waals surface area contributed by atoms with Gasteiger partial charge in [0.05, 0.1) is 6.20 Å². The molecular formula is C19H26N4O. The summed E-state index contributed by atoms with van der Waals surface area (Å²) >= 11 is 0. The van der Waals surface area contributed by atoms with E-state index in [4.69, 9.17) is 0 Å². The molecule has 128 valence electrons. The average Bonchev–Trinajstić information content (AvgIpc) is 3.28. The van der Waals surface area contributed by atoms with Gasteiger partial charge >= 0.3 is 0 Å². The summed E-state index contributed by atoms with van der Waals surface area (Å²) in [4.78, 5) is 14.3. The maximum Gasteiger partial charge on any atom is 0.220 e. The van der Waals surface area contributed by atoms with E-state index in [0.29, 0.717) is 12.3 Å². The van der Waals surface area contributed by atoms with E-state index in [9.17, 15) is 4.79 Å². The Balaban J connectivity index is 1.29. The predicted molar refractivity (Wildman–Crippen MR) is 94.8 cm³/mol. The molecule has 1 saturated heterocycles. The van der Waals surface area contributed by atoms with Crippen molar-refractivity contribution in [2.75, 3.05) is 26.2 Å². The number of amides is 1. The third kappa shape index (κ3) is 4.93. The number of nitrogens with zero attached hydrogens (tertiary/aromatic N) is 2. The summed E-state index contributed by atoms with van der Waals surface area (Å²) < 4.78 is 0. The molecule has 2 N–H and O–H groups in total. The summed E-state index contributed by atoms with van der Waals surface area (Å²) in [6.07, 6.45) is 7.25. The second-order valence-electron chi connectivity index (χ2n) is 6.51. The molecular weight excluding hydrogens is 300 g/mol. The largest absolute Gasteiger partial charge is 0.355 e. The van der Waals surface area contributed by atoms with E-state index < -0.39 is 0 Å². The first-order valence-electron chi connectivity index (χ1n) is 8.83. The van der Waals surface area contributed by atoms with Crippen LogP contribution in [0.3, 0.4) is 0 Å². The zero-order valence-electron chi connectivity index (χ0n) is 14.1. The topological polar surface area (TPSA) is 61.0 Å². The lowest BCUT2D eigenvalue weighted by atomic mass is 9.99. The molecule has 1 fully saturated rings. The minimum Gasteiger partial charge on any atom is -0.355 e. The molecule has 0 radical (unpaired) electrons. The second kappa shape index (κ2) is 8.64. The van der Waals surface area contributed by atoms with Crippen molar-refractivity contribution in [1.29, 1.82) is 0 Å². The van der Waals surface area contributed by atoms with Crippen molar-refractivity contribution < 1.29 is 4.79 Å². The lowest BCUT2D eigenvalue weighted by Gasteiger charge is -2.16. The van der Waals surface area contributed by atoms with Crippen LogP contribution in [-0.2, 0) is 11.2 Å². The molecule has 24 heavy (non-hydrogen) atoms. The van der Waals surface area contributed by atoms with Crippen LogP contribution in [0.25, 0.3) is 0 Å². The molecule has 2 aromatic rings. The van der Waals surface area contributed by atoms with Crippen LogP contribution in [0.15, 0.2) is 42.7 Å². The molecule has 0 aliphatic carbocycles. The molecule has 1 unspecified atom stereocenters. The number of aromatic nitrogens is 2. The van der Waals surface area contributed by atoms with Crippen molar-refractivity contribution in [3.05, 3.63) is 53.9 Å². The summed E-state index contributed by atoms with van der Waals surface area (Å²) in [5.74, 6) is 0.786. The number of H-pyrrole nitrogens is 1. The van der Waals surface area contributed by atoms with Gasteiger partial charge in [0.25, 0.3) is 0 Å². The Hall–Kier alpha value is -2.14. The second-order valence-corrected chi connectivity index (χ2v) is 6.51. The van der Waals surface area contributed by atoms with Gasteiger partial charge in [-0.05, 0) is 42.9 Å². The Kier molecular flexibility index (Phi) is 6.01. The molecule has 0 saturated carbocycles. The quantitative estimate of drug-likeness (QED) is 0.783. The van der Waals surface area contributed by atoms with Crippen molar-refractivity contribution in [1.82, 2.24) is 20.4 Å². The highest BCUT2D eigenvalue weighted by molar-refractivity contribution is 5.75. The first-order valence-corrected chi connectivity index (χ1v) is 8.83. The van der Waals surface area contributed by atoms with Gasteiger partial charge in [-0.3, -0.25) is 9.89 Å². The van der Waals surface area contributed by atoms with Gasteiger partial charge in [-0.1, -0.05) is 30.3 Å². The van der Waals surface area contributed by atoms with Crippen LogP contribution in [0, 0.1) is 0 Å². The van der Waals surface area contributed by atoms with Crippen molar-refractivity contribution in [2.45, 2.75) is 31.6 Å². The molecule has 1 amide bonds. The smallest absolute Gasteiger partial charge is 0.220 e. The normalized spacial score (nSPS) is 17.9. The molecule has 1 aliphatic rings. The maximum atomic E-state index is 11.9. The summed E-state index contributed by atoms with van der Waals surface area (Å²) in [6.45, 7) is 3.90. The number of rotatable bonds is 8. The van der Waals surface area contributed by atoms with E-state index in [0.717, 1.165) is 44.6 Å². The zero-order chi connectivity index (χ0) is 16.6. The molecule has 1 atom stereocenters. The van der Waals surface area contributed by atoms with Crippen molar-refractivity contribution >= 4 is 5.91 Å². The molecule has 5 nitrogen and oxygen atoms in total. The number of carbonyl (C=O) groups excluding carboxylic acids is 1. The SMILES string of the molecule is O=C(CCCc1cn[nH]c1)NCCN1CCC(c2ccccc2)C1. The van der Waals surface area contributed by atoms with Gasteiger partial charge in [0.2, 0.25) is 5.91 Å². The maximum absolute atomic E-state index is 11.9. The van der Waals surface area contributed by atoms with Gasteiger partial charge in [0.1, 0.15) is 0 Å². The van der Waals surface area contributed by atoms with Crippen LogP contribution in [0.5, 0.6) is 0 Å². The first kappa shape index (κ1) is 16.7. The zero-order valence-corrected chi connectivity index (χ0v) is 14.1. The Morgan fingerprint density at radius 2 is 2.21 bits per heavy atom. The highest BCUT2D eigenvalue weighted by atomic mass is 16.1. The van der Waals surface area contributed by atoms with E-state index in [2.05, 4.69) is 50.7 Å². The van der Waals surface area contributed by atoms with Crippen LogP contribution >= 0.6 is 0 Å². The lowest BCUT2D eigenvalue weighted by Crippen LogP contribution is -2.33. The minimum atomic E-state index is 0.150. The number of hydrogen-bond donors (Lipinski definition) is 2. The molecule has 2 heterocycles.